The summed E-state index contributed by atoms with van der Waals surface area (Å²) in [5.41, 5.74) is 15.0. The number of nitrogens with zero attached hydrogens (tertiary/aromatic N) is 1. The molecule has 0 spiro atoms. The van der Waals surface area contributed by atoms with Gasteiger partial charge in [0.15, 0.2) is 0 Å². The van der Waals surface area contributed by atoms with Gasteiger partial charge in [0.05, 0.1) is 5.92 Å². The molecule has 0 saturated carbocycles. The molecule has 2 aromatic carbocycles. The van der Waals surface area contributed by atoms with Gasteiger partial charge >= 0.3 is 0 Å². The van der Waals surface area contributed by atoms with E-state index in [0.29, 0.717) is 5.92 Å². The van der Waals surface area contributed by atoms with Crippen LogP contribution in [0.15, 0.2) is 114 Å². The summed E-state index contributed by atoms with van der Waals surface area (Å²) < 4.78 is 2.47. The van der Waals surface area contributed by atoms with Crippen LogP contribution in [0.1, 0.15) is 58.6 Å². The largest absolute Gasteiger partial charge is 0.317 e. The topological polar surface area (TPSA) is 3.24 Å². The molecule has 3 heteroatoms. The molecule has 4 aliphatic rings. The number of hydrogen-bond donors (Lipinski definition) is 0. The van der Waals surface area contributed by atoms with Gasteiger partial charge in [-0.05, 0) is 91.0 Å². The average Bonchev–Trinajstić information content (AvgIpc) is 3.45. The first-order valence-electron chi connectivity index (χ1n) is 12.7. The molecule has 2 aromatic rings. The molecule has 3 aliphatic carbocycles. The van der Waals surface area contributed by atoms with Crippen LogP contribution in [0.4, 0.5) is 5.69 Å². The minimum absolute atomic E-state index is 0.0742. The van der Waals surface area contributed by atoms with Crippen molar-refractivity contribution in [2.75, 3.05) is 4.90 Å². The lowest BCUT2D eigenvalue weighted by molar-refractivity contribution is 0.392. The SMILES string of the molecule is CC1=CC2=C(Br)C3C(=CC2=C1C(C)(C)C1C(C)=Cc2c(Br)cccc21)N(c1ccccc1)C(C)=C3C. The molecule has 0 saturated heterocycles. The van der Waals surface area contributed by atoms with Crippen LogP contribution in [0, 0.1) is 11.3 Å². The van der Waals surface area contributed by atoms with Crippen molar-refractivity contribution in [2.45, 2.75) is 47.5 Å². The third-order valence-corrected chi connectivity index (χ3v) is 10.2. The lowest BCUT2D eigenvalue weighted by Gasteiger charge is -2.38. The van der Waals surface area contributed by atoms with Gasteiger partial charge in [0, 0.05) is 37.4 Å². The van der Waals surface area contributed by atoms with E-state index < -0.39 is 0 Å². The molecular weight excluding hydrogens is 570 g/mol. The monoisotopic (exact) mass is 599 g/mol. The molecule has 6 rings (SSSR count). The van der Waals surface area contributed by atoms with Gasteiger partial charge in [-0.3, -0.25) is 0 Å². The molecule has 1 aliphatic heterocycles. The number of hydrogen-bond acceptors (Lipinski definition) is 1. The van der Waals surface area contributed by atoms with Crippen LogP contribution in [0.5, 0.6) is 0 Å². The normalized spacial score (nSPS) is 23.1. The minimum Gasteiger partial charge on any atom is -0.317 e. The maximum Gasteiger partial charge on any atom is 0.0545 e. The zero-order valence-electron chi connectivity index (χ0n) is 21.7. The fourth-order valence-electron chi connectivity index (χ4n) is 7.15. The molecule has 2 atom stereocenters. The number of fused-ring (bicyclic) bond motifs is 3. The molecule has 0 fully saturated rings. The second kappa shape index (κ2) is 8.33. The summed E-state index contributed by atoms with van der Waals surface area (Å²) in [5, 5.41) is 0. The number of halogens is 2. The number of benzene rings is 2. The van der Waals surface area contributed by atoms with Gasteiger partial charge in [-0.15, -0.1) is 0 Å². The minimum atomic E-state index is -0.0742. The Morgan fingerprint density at radius 2 is 1.53 bits per heavy atom. The molecule has 0 N–H and O–H groups in total. The Morgan fingerprint density at radius 1 is 0.806 bits per heavy atom. The Bertz CT molecular complexity index is 1510. The first-order chi connectivity index (χ1) is 17.1. The van der Waals surface area contributed by atoms with E-state index in [1.807, 2.05) is 0 Å². The van der Waals surface area contributed by atoms with Crippen molar-refractivity contribution >= 4 is 43.6 Å². The maximum absolute atomic E-state index is 4.10. The van der Waals surface area contributed by atoms with E-state index in [9.17, 15) is 0 Å². The highest BCUT2D eigenvalue weighted by Gasteiger charge is 2.45. The van der Waals surface area contributed by atoms with Crippen molar-refractivity contribution in [1.82, 2.24) is 0 Å². The molecule has 0 aromatic heterocycles. The van der Waals surface area contributed by atoms with Gasteiger partial charge in [0.1, 0.15) is 0 Å². The van der Waals surface area contributed by atoms with Gasteiger partial charge in [-0.25, -0.2) is 0 Å². The zero-order chi connectivity index (χ0) is 25.5. The van der Waals surface area contributed by atoms with E-state index >= 15 is 0 Å². The summed E-state index contributed by atoms with van der Waals surface area (Å²) in [4.78, 5) is 2.45. The molecule has 1 nitrogen and oxygen atoms in total. The fourth-order valence-corrected chi connectivity index (χ4v) is 8.56. The number of allylic oxidation sites excluding steroid dienone is 9. The van der Waals surface area contributed by atoms with Crippen LogP contribution in [0.25, 0.3) is 6.08 Å². The van der Waals surface area contributed by atoms with Gasteiger partial charge in [-0.1, -0.05) is 93.8 Å². The van der Waals surface area contributed by atoms with Crippen LogP contribution >= 0.6 is 31.9 Å². The highest BCUT2D eigenvalue weighted by atomic mass is 79.9. The Labute approximate surface area is 231 Å². The van der Waals surface area contributed by atoms with E-state index in [4.69, 9.17) is 0 Å². The molecule has 1 heterocycles. The zero-order valence-corrected chi connectivity index (χ0v) is 24.9. The van der Waals surface area contributed by atoms with Crippen LogP contribution in [-0.4, -0.2) is 0 Å². The highest BCUT2D eigenvalue weighted by Crippen LogP contribution is 2.59. The van der Waals surface area contributed by atoms with Gasteiger partial charge in [0.25, 0.3) is 0 Å². The average molecular weight is 601 g/mol. The predicted molar refractivity (Wildman–Crippen MR) is 160 cm³/mol. The number of para-hydroxylation sites is 1. The maximum atomic E-state index is 4.10. The Hall–Kier alpha value is -2.36. The molecule has 0 radical (unpaired) electrons. The number of anilines is 1. The van der Waals surface area contributed by atoms with Crippen molar-refractivity contribution in [3.8, 4) is 0 Å². The molecule has 36 heavy (non-hydrogen) atoms. The van der Waals surface area contributed by atoms with Gasteiger partial charge in [0.2, 0.25) is 0 Å². The Kier molecular flexibility index (Phi) is 5.55. The van der Waals surface area contributed by atoms with Crippen molar-refractivity contribution in [3.05, 3.63) is 126 Å². The van der Waals surface area contributed by atoms with E-state index in [2.05, 4.69) is 145 Å². The smallest absolute Gasteiger partial charge is 0.0545 e. The van der Waals surface area contributed by atoms with Crippen LogP contribution in [0.2, 0.25) is 0 Å². The summed E-state index contributed by atoms with van der Waals surface area (Å²) in [6.07, 6.45) is 7.27. The lowest BCUT2D eigenvalue weighted by Crippen LogP contribution is -2.26. The first kappa shape index (κ1) is 24.0. The van der Waals surface area contributed by atoms with Crippen molar-refractivity contribution in [2.24, 2.45) is 11.3 Å². The second-order valence-electron chi connectivity index (χ2n) is 11.1. The van der Waals surface area contributed by atoms with Gasteiger partial charge < -0.3 is 4.90 Å². The Balaban J connectivity index is 1.55. The van der Waals surface area contributed by atoms with Crippen molar-refractivity contribution < 1.29 is 0 Å². The summed E-state index contributed by atoms with van der Waals surface area (Å²) >= 11 is 7.90. The van der Waals surface area contributed by atoms with E-state index in [0.717, 1.165) is 0 Å². The Morgan fingerprint density at radius 3 is 2.25 bits per heavy atom. The van der Waals surface area contributed by atoms with Crippen molar-refractivity contribution in [1.29, 1.82) is 0 Å². The van der Waals surface area contributed by atoms with Crippen LogP contribution < -0.4 is 4.90 Å². The quantitative estimate of drug-likeness (QED) is 0.339. The lowest BCUT2D eigenvalue weighted by atomic mass is 9.66. The third kappa shape index (κ3) is 3.25. The number of rotatable bonds is 3. The first-order valence-corrected chi connectivity index (χ1v) is 14.3. The van der Waals surface area contributed by atoms with Crippen LogP contribution in [0.3, 0.4) is 0 Å². The van der Waals surface area contributed by atoms with Crippen LogP contribution in [-0.2, 0) is 0 Å². The van der Waals surface area contributed by atoms with E-state index in [-0.39, 0.29) is 11.3 Å². The molecule has 0 amide bonds. The summed E-state index contributed by atoms with van der Waals surface area (Å²) in [7, 11) is 0. The predicted octanol–water partition coefficient (Wildman–Crippen LogP) is 10.2. The van der Waals surface area contributed by atoms with E-state index in [1.165, 1.54) is 70.6 Å². The summed E-state index contributed by atoms with van der Waals surface area (Å²) in [6.45, 7) is 14.0. The third-order valence-electron chi connectivity index (χ3n) is 8.62. The molecule has 2 unspecified atom stereocenters. The second-order valence-corrected chi connectivity index (χ2v) is 12.8. The summed E-state index contributed by atoms with van der Waals surface area (Å²) in [6, 6.07) is 17.4. The fraction of sp³-hybridized carbons (Fsp3) is 0.273. The highest BCUT2D eigenvalue weighted by molar-refractivity contribution is 9.11. The summed E-state index contributed by atoms with van der Waals surface area (Å²) in [5.74, 6) is 0.598. The molecular formula is C33H31Br2N. The van der Waals surface area contributed by atoms with Gasteiger partial charge in [-0.2, -0.15) is 0 Å². The molecule has 0 bridgehead atoms. The van der Waals surface area contributed by atoms with E-state index in [1.54, 1.807) is 0 Å². The molecule has 182 valence electrons. The van der Waals surface area contributed by atoms with Crippen molar-refractivity contribution in [3.63, 3.8) is 0 Å². The standard InChI is InChI=1S/C33H31Br2N/c1-18-15-24-23(13-10-14-27(24)34)30(18)33(5,6)31-19(2)16-26-25(31)17-28-29(32(26)35)20(3)21(4)36(28)22-11-8-7-9-12-22/h7-17,29-30H,1-6H3.